The molecule has 1 aliphatic heterocycles. The fourth-order valence-electron chi connectivity index (χ4n) is 2.08. The number of nitrogens with two attached hydrogens (primary N) is 2. The molecule has 0 saturated heterocycles. The topological polar surface area (TPSA) is 182 Å². The lowest BCUT2D eigenvalue weighted by Crippen LogP contribution is -2.47. The van der Waals surface area contributed by atoms with Gasteiger partial charge in [0.25, 0.3) is 5.91 Å². The van der Waals surface area contributed by atoms with E-state index in [1.165, 1.54) is 24.3 Å². The van der Waals surface area contributed by atoms with Crippen molar-refractivity contribution in [2.75, 3.05) is 18.6 Å². The first kappa shape index (κ1) is 20.4. The molecule has 2 heterocycles. The molecule has 11 nitrogen and oxygen atoms in total. The summed E-state index contributed by atoms with van der Waals surface area (Å²) in [6.07, 6.45) is 1.62. The number of rotatable bonds is 7. The number of thiazole rings is 1. The molecule has 1 aromatic heterocycles. The van der Waals surface area contributed by atoms with Crippen LogP contribution in [0, 0.1) is 0 Å². The van der Waals surface area contributed by atoms with Gasteiger partial charge in [-0.05, 0) is 0 Å². The second-order valence-corrected chi connectivity index (χ2v) is 7.00. The number of aromatic nitrogens is 1. The zero-order valence-electron chi connectivity index (χ0n) is 14.0. The number of anilines is 1. The molecule has 0 aromatic carbocycles. The van der Waals surface area contributed by atoms with E-state index in [9.17, 15) is 19.5 Å². The van der Waals surface area contributed by atoms with E-state index in [2.05, 4.69) is 25.3 Å². The number of nitrogen functional groups attached to an aromatic ring is 1. The summed E-state index contributed by atoms with van der Waals surface area (Å²) >= 11 is 2.27. The number of carboxylic acids is 1. The highest BCUT2D eigenvalue weighted by atomic mass is 32.2. The molecule has 0 unspecified atom stereocenters. The van der Waals surface area contributed by atoms with Gasteiger partial charge >= 0.3 is 5.97 Å². The smallest absolute Gasteiger partial charge is 0.354 e. The fourth-order valence-corrected chi connectivity index (χ4v) is 3.73. The number of oxime groups is 1. The number of carbonyl (C=O) groups excluding carboxylic acids is 2. The number of amides is 1. The Bertz CT molecular complexity index is 834. The average molecular weight is 412 g/mol. The third-order valence-corrected chi connectivity index (χ3v) is 5.18. The number of nitrogens with one attached hydrogen (secondary N) is 1. The van der Waals surface area contributed by atoms with Gasteiger partial charge in [-0.2, -0.15) is 0 Å². The number of hydrogen-bond donors (Lipinski definition) is 4. The summed E-state index contributed by atoms with van der Waals surface area (Å²) in [6, 6.07) is -1.10. The number of aliphatic carboxylic acids is 1. The number of aliphatic imine (C=N–C) groups is 1. The van der Waals surface area contributed by atoms with Crippen molar-refractivity contribution in [3.05, 3.63) is 22.8 Å². The maximum Gasteiger partial charge on any atom is 0.354 e. The summed E-state index contributed by atoms with van der Waals surface area (Å²) in [7, 11) is 1.25. The largest absolute Gasteiger partial charge is 0.477 e. The highest BCUT2D eigenvalue weighted by Gasteiger charge is 2.32. The van der Waals surface area contributed by atoms with Crippen LogP contribution in [-0.2, 0) is 19.2 Å². The van der Waals surface area contributed by atoms with Gasteiger partial charge in [-0.1, -0.05) is 5.16 Å². The minimum atomic E-state index is -1.27. The SMILES string of the molecule is CO/N=C(\C(=O)N[C@H](C=O)[C@@H]1N=C(C(=O)O)/C(=C\N)CS1)c1csc(N)n1. The number of nitrogens with zero attached hydrogens (tertiary/aromatic N) is 3. The first-order valence-electron chi connectivity index (χ1n) is 7.33. The van der Waals surface area contributed by atoms with Crippen LogP contribution in [0.25, 0.3) is 0 Å². The first-order chi connectivity index (χ1) is 12.9. The number of carboxylic acid groups (broad SMARTS) is 1. The van der Waals surface area contributed by atoms with Gasteiger partial charge in [0.15, 0.2) is 10.8 Å². The summed E-state index contributed by atoms with van der Waals surface area (Å²) in [5.41, 5.74) is 11.0. The third kappa shape index (κ3) is 4.83. The molecule has 13 heteroatoms. The van der Waals surface area contributed by atoms with E-state index in [0.717, 1.165) is 17.5 Å². The predicted molar refractivity (Wildman–Crippen MR) is 102 cm³/mol. The number of carbonyl (C=O) groups is 3. The fraction of sp³-hybridized carbons (Fsp3) is 0.286. The molecule has 0 spiro atoms. The lowest BCUT2D eigenvalue weighted by Gasteiger charge is -2.25. The van der Waals surface area contributed by atoms with Gasteiger partial charge in [0.2, 0.25) is 0 Å². The minimum absolute atomic E-state index is 0.178. The monoisotopic (exact) mass is 412 g/mol. The second-order valence-electron chi connectivity index (χ2n) is 5.01. The average Bonchev–Trinajstić information content (AvgIpc) is 3.09. The molecule has 0 fully saturated rings. The molecule has 0 bridgehead atoms. The Labute approximate surface area is 161 Å². The Morgan fingerprint density at radius 2 is 2.30 bits per heavy atom. The molecular weight excluding hydrogens is 396 g/mol. The summed E-state index contributed by atoms with van der Waals surface area (Å²) in [6.45, 7) is 0. The highest BCUT2D eigenvalue weighted by molar-refractivity contribution is 8.00. The third-order valence-electron chi connectivity index (χ3n) is 3.29. The maximum absolute atomic E-state index is 12.5. The van der Waals surface area contributed by atoms with Gasteiger partial charge in [0, 0.05) is 22.9 Å². The molecule has 144 valence electrons. The van der Waals surface area contributed by atoms with Crippen molar-refractivity contribution in [3.8, 4) is 0 Å². The lowest BCUT2D eigenvalue weighted by atomic mass is 10.2. The molecule has 2 atom stereocenters. The zero-order chi connectivity index (χ0) is 20.0. The normalized spacial score (nSPS) is 19.9. The maximum atomic E-state index is 12.5. The van der Waals surface area contributed by atoms with Crippen LogP contribution in [0.5, 0.6) is 0 Å². The van der Waals surface area contributed by atoms with Gasteiger partial charge in [-0.15, -0.1) is 23.1 Å². The minimum Gasteiger partial charge on any atom is -0.477 e. The highest BCUT2D eigenvalue weighted by Crippen LogP contribution is 2.25. The van der Waals surface area contributed by atoms with E-state index >= 15 is 0 Å². The van der Waals surface area contributed by atoms with Gasteiger partial charge in [0.1, 0.15) is 36.2 Å². The van der Waals surface area contributed by atoms with Gasteiger partial charge < -0.3 is 31.5 Å². The standard InChI is InChI=1S/C14H16N6O5S2/c1-25-20-10(8-5-27-14(16)18-8)11(22)17-7(3-21)12-19-9(13(23)24)6(2-15)4-26-12/h2-3,5,7,12H,4,15H2,1H3,(H2,16,18)(H,17,22)(H,23,24)/b6-2-,20-10-/t7-,12-/m1/s1. The van der Waals surface area contributed by atoms with Gasteiger partial charge in [-0.25, -0.2) is 9.78 Å². The Morgan fingerprint density at radius 3 is 2.81 bits per heavy atom. The number of aldehydes is 1. The van der Waals surface area contributed by atoms with E-state index < -0.39 is 23.3 Å². The van der Waals surface area contributed by atoms with E-state index in [1.807, 2.05) is 0 Å². The van der Waals surface area contributed by atoms with Gasteiger partial charge in [-0.3, -0.25) is 9.79 Å². The summed E-state index contributed by atoms with van der Waals surface area (Å²) < 4.78 is 0. The quantitative estimate of drug-likeness (QED) is 0.253. The van der Waals surface area contributed by atoms with Crippen LogP contribution in [-0.4, -0.2) is 64.0 Å². The molecule has 0 radical (unpaired) electrons. The van der Waals surface area contributed by atoms with Crippen molar-refractivity contribution in [3.63, 3.8) is 0 Å². The van der Waals surface area contributed by atoms with Crippen LogP contribution >= 0.6 is 23.1 Å². The zero-order valence-corrected chi connectivity index (χ0v) is 15.6. The van der Waals surface area contributed by atoms with Crippen LogP contribution in [0.3, 0.4) is 0 Å². The molecular formula is C14H16N6O5S2. The van der Waals surface area contributed by atoms with E-state index in [0.29, 0.717) is 11.9 Å². The van der Waals surface area contributed by atoms with Crippen molar-refractivity contribution in [1.82, 2.24) is 10.3 Å². The van der Waals surface area contributed by atoms with Crippen LogP contribution in [0.2, 0.25) is 0 Å². The number of thioether (sulfide) groups is 1. The molecule has 2 rings (SSSR count). The molecule has 0 aliphatic carbocycles. The molecule has 1 aromatic rings. The van der Waals surface area contributed by atoms with Crippen molar-refractivity contribution >= 4 is 57.8 Å². The van der Waals surface area contributed by atoms with Crippen LogP contribution in [0.1, 0.15) is 5.69 Å². The Kier molecular flexibility index (Phi) is 6.90. The molecule has 27 heavy (non-hydrogen) atoms. The van der Waals surface area contributed by atoms with E-state index in [4.69, 9.17) is 11.5 Å². The first-order valence-corrected chi connectivity index (χ1v) is 9.26. The van der Waals surface area contributed by atoms with Crippen molar-refractivity contribution < 1.29 is 24.3 Å². The van der Waals surface area contributed by atoms with Crippen LogP contribution in [0.15, 0.2) is 27.3 Å². The van der Waals surface area contributed by atoms with Crippen molar-refractivity contribution in [2.45, 2.75) is 11.4 Å². The molecule has 1 aliphatic rings. The Morgan fingerprint density at radius 1 is 1.56 bits per heavy atom. The summed E-state index contributed by atoms with van der Waals surface area (Å²) in [4.78, 5) is 48.0. The van der Waals surface area contributed by atoms with Crippen LogP contribution < -0.4 is 16.8 Å². The Hall–Kier alpha value is -2.93. The lowest BCUT2D eigenvalue weighted by molar-refractivity contribution is -0.129. The van der Waals surface area contributed by atoms with Gasteiger partial charge in [0.05, 0.1) is 0 Å². The predicted octanol–water partition coefficient (Wildman–Crippen LogP) is -0.799. The molecule has 6 N–H and O–H groups in total. The van der Waals surface area contributed by atoms with Crippen molar-refractivity contribution in [1.29, 1.82) is 0 Å². The van der Waals surface area contributed by atoms with E-state index in [1.54, 1.807) is 0 Å². The summed E-state index contributed by atoms with van der Waals surface area (Å²) in [5, 5.41) is 16.2. The number of hydrogen-bond acceptors (Lipinski definition) is 11. The van der Waals surface area contributed by atoms with E-state index in [-0.39, 0.29) is 28.0 Å². The second kappa shape index (κ2) is 9.14. The Balaban J connectivity index is 2.24. The van der Waals surface area contributed by atoms with Crippen molar-refractivity contribution in [2.24, 2.45) is 15.9 Å². The molecule has 0 saturated carbocycles. The van der Waals surface area contributed by atoms with Crippen LogP contribution in [0.4, 0.5) is 5.13 Å². The summed E-state index contributed by atoms with van der Waals surface area (Å²) in [5.74, 6) is -1.78. The molecule has 1 amide bonds.